The maximum Gasteiger partial charge on any atom is 0.115 e. The first-order valence-electron chi connectivity index (χ1n) is 3.30. The van der Waals surface area contributed by atoms with Crippen molar-refractivity contribution < 1.29 is 4.74 Å². The second kappa shape index (κ2) is 2.34. The smallest absolute Gasteiger partial charge is 0.115 e. The second-order valence-electron chi connectivity index (χ2n) is 2.41. The highest BCUT2D eigenvalue weighted by atomic mass is 16.6. The van der Waals surface area contributed by atoms with Gasteiger partial charge in [-0.25, -0.2) is 9.97 Å². The molecule has 1 aromatic heterocycles. The number of epoxide rings is 1. The van der Waals surface area contributed by atoms with Gasteiger partial charge in [-0.15, -0.1) is 0 Å². The van der Waals surface area contributed by atoms with E-state index in [9.17, 15) is 0 Å². The van der Waals surface area contributed by atoms with Crippen molar-refractivity contribution in [2.45, 2.75) is 12.5 Å². The van der Waals surface area contributed by atoms with E-state index in [-0.39, 0.29) is 0 Å². The van der Waals surface area contributed by atoms with Crippen LogP contribution in [0.2, 0.25) is 0 Å². The maximum atomic E-state index is 5.06. The highest BCUT2D eigenvalue weighted by Gasteiger charge is 2.22. The standard InChI is InChI=1S/C7H8N2O/c1(7-4-10-7)6-2-8-5-9-3-6/h2-3,5,7H,1,4H2. The summed E-state index contributed by atoms with van der Waals surface area (Å²) in [6, 6.07) is 0. The van der Waals surface area contributed by atoms with Crippen LogP contribution in [0.1, 0.15) is 5.56 Å². The molecule has 1 saturated heterocycles. The zero-order chi connectivity index (χ0) is 6.81. The Morgan fingerprint density at radius 1 is 1.50 bits per heavy atom. The number of nitrogens with zero attached hydrogens (tertiary/aromatic N) is 2. The van der Waals surface area contributed by atoms with Crippen LogP contribution >= 0.6 is 0 Å². The molecule has 1 aliphatic rings. The van der Waals surface area contributed by atoms with Crippen molar-refractivity contribution in [3.63, 3.8) is 0 Å². The summed E-state index contributed by atoms with van der Waals surface area (Å²) >= 11 is 0. The van der Waals surface area contributed by atoms with Crippen LogP contribution in [0.25, 0.3) is 0 Å². The van der Waals surface area contributed by atoms with Gasteiger partial charge in [0.2, 0.25) is 0 Å². The molecule has 2 heterocycles. The average Bonchev–Trinajstić information content (AvgIpc) is 2.74. The number of hydrogen-bond acceptors (Lipinski definition) is 3. The van der Waals surface area contributed by atoms with Crippen LogP contribution in [0.4, 0.5) is 0 Å². The first-order chi connectivity index (χ1) is 4.95. The zero-order valence-electron chi connectivity index (χ0n) is 5.53. The van der Waals surface area contributed by atoms with Crippen LogP contribution in [0.15, 0.2) is 18.7 Å². The van der Waals surface area contributed by atoms with E-state index in [1.807, 2.05) is 12.4 Å². The summed E-state index contributed by atoms with van der Waals surface area (Å²) in [6.07, 6.45) is 6.59. The molecule has 1 aromatic rings. The van der Waals surface area contributed by atoms with Crippen molar-refractivity contribution in [2.75, 3.05) is 6.61 Å². The molecule has 2 rings (SSSR count). The molecule has 0 radical (unpaired) electrons. The molecule has 0 spiro atoms. The van der Waals surface area contributed by atoms with E-state index in [0.29, 0.717) is 6.10 Å². The topological polar surface area (TPSA) is 38.3 Å². The Balaban J connectivity index is 2.03. The summed E-state index contributed by atoms with van der Waals surface area (Å²) in [4.78, 5) is 7.80. The van der Waals surface area contributed by atoms with Crippen LogP contribution in [0.3, 0.4) is 0 Å². The zero-order valence-corrected chi connectivity index (χ0v) is 5.53. The van der Waals surface area contributed by atoms with Gasteiger partial charge in [0.1, 0.15) is 6.33 Å². The van der Waals surface area contributed by atoms with Crippen molar-refractivity contribution in [3.8, 4) is 0 Å². The summed E-state index contributed by atoms with van der Waals surface area (Å²) in [5, 5.41) is 0. The lowest BCUT2D eigenvalue weighted by Gasteiger charge is -1.92. The molecule has 10 heavy (non-hydrogen) atoms. The first-order valence-corrected chi connectivity index (χ1v) is 3.30. The van der Waals surface area contributed by atoms with Crippen molar-refractivity contribution in [2.24, 2.45) is 0 Å². The van der Waals surface area contributed by atoms with Gasteiger partial charge in [0.15, 0.2) is 0 Å². The quantitative estimate of drug-likeness (QED) is 0.553. The molecule has 1 atom stereocenters. The molecule has 0 amide bonds. The third-order valence-corrected chi connectivity index (χ3v) is 1.48. The molecule has 0 aromatic carbocycles. The lowest BCUT2D eigenvalue weighted by atomic mass is 10.2. The van der Waals surface area contributed by atoms with Crippen LogP contribution in [0.5, 0.6) is 0 Å². The van der Waals surface area contributed by atoms with Gasteiger partial charge in [-0.05, 0) is 5.56 Å². The van der Waals surface area contributed by atoms with Crippen molar-refractivity contribution >= 4 is 0 Å². The van der Waals surface area contributed by atoms with E-state index in [4.69, 9.17) is 4.74 Å². The largest absolute Gasteiger partial charge is 0.373 e. The molecule has 1 unspecified atom stereocenters. The Morgan fingerprint density at radius 2 is 2.20 bits per heavy atom. The third-order valence-electron chi connectivity index (χ3n) is 1.48. The lowest BCUT2D eigenvalue weighted by molar-refractivity contribution is 0.407. The molecule has 0 aliphatic carbocycles. The van der Waals surface area contributed by atoms with Gasteiger partial charge in [-0.2, -0.15) is 0 Å². The summed E-state index contributed by atoms with van der Waals surface area (Å²) in [5.74, 6) is 0. The second-order valence-corrected chi connectivity index (χ2v) is 2.41. The molecule has 3 nitrogen and oxygen atoms in total. The minimum atomic E-state index is 0.436. The van der Waals surface area contributed by atoms with Gasteiger partial charge >= 0.3 is 0 Å². The third kappa shape index (κ3) is 1.30. The van der Waals surface area contributed by atoms with Crippen LogP contribution in [-0.4, -0.2) is 22.7 Å². The Bertz CT molecular complexity index is 208. The maximum absolute atomic E-state index is 5.06. The van der Waals surface area contributed by atoms with Gasteiger partial charge in [0.25, 0.3) is 0 Å². The Labute approximate surface area is 59.1 Å². The molecule has 3 heteroatoms. The summed E-state index contributed by atoms with van der Waals surface area (Å²) in [5.41, 5.74) is 1.16. The molecule has 0 N–H and O–H groups in total. The Kier molecular flexibility index (Phi) is 1.36. The molecule has 0 bridgehead atoms. The predicted molar refractivity (Wildman–Crippen MR) is 35.5 cm³/mol. The van der Waals surface area contributed by atoms with Crippen LogP contribution in [-0.2, 0) is 11.2 Å². The van der Waals surface area contributed by atoms with E-state index in [1.54, 1.807) is 0 Å². The first kappa shape index (κ1) is 5.80. The van der Waals surface area contributed by atoms with E-state index < -0.39 is 0 Å². The van der Waals surface area contributed by atoms with E-state index >= 15 is 0 Å². The van der Waals surface area contributed by atoms with E-state index in [1.165, 1.54) is 6.33 Å². The number of aromatic nitrogens is 2. The fourth-order valence-corrected chi connectivity index (χ4v) is 0.884. The number of hydrogen-bond donors (Lipinski definition) is 0. The van der Waals surface area contributed by atoms with Crippen molar-refractivity contribution in [1.82, 2.24) is 9.97 Å². The lowest BCUT2D eigenvalue weighted by Crippen LogP contribution is -1.93. The number of ether oxygens (including phenoxy) is 1. The SMILES string of the molecule is c1ncc(CC2CO2)cn1. The number of rotatable bonds is 2. The van der Waals surface area contributed by atoms with Gasteiger partial charge in [0, 0.05) is 18.8 Å². The highest BCUT2D eigenvalue weighted by Crippen LogP contribution is 2.14. The van der Waals surface area contributed by atoms with Crippen LogP contribution < -0.4 is 0 Å². The minimum Gasteiger partial charge on any atom is -0.373 e. The fraction of sp³-hybridized carbons (Fsp3) is 0.429. The molecule has 1 fully saturated rings. The summed E-state index contributed by atoms with van der Waals surface area (Å²) in [6.45, 7) is 0.898. The summed E-state index contributed by atoms with van der Waals surface area (Å²) in [7, 11) is 0. The molecular weight excluding hydrogens is 128 g/mol. The summed E-state index contributed by atoms with van der Waals surface area (Å²) < 4.78 is 5.06. The Morgan fingerprint density at radius 3 is 2.80 bits per heavy atom. The Hall–Kier alpha value is -0.960. The van der Waals surface area contributed by atoms with Gasteiger partial charge in [0.05, 0.1) is 12.7 Å². The highest BCUT2D eigenvalue weighted by molar-refractivity contribution is 5.05. The monoisotopic (exact) mass is 136 g/mol. The van der Waals surface area contributed by atoms with Crippen LogP contribution in [0, 0.1) is 0 Å². The van der Waals surface area contributed by atoms with E-state index in [0.717, 1.165) is 18.6 Å². The van der Waals surface area contributed by atoms with Gasteiger partial charge < -0.3 is 4.74 Å². The van der Waals surface area contributed by atoms with Gasteiger partial charge in [-0.1, -0.05) is 0 Å². The molecular formula is C7H8N2O. The van der Waals surface area contributed by atoms with Crippen molar-refractivity contribution in [1.29, 1.82) is 0 Å². The predicted octanol–water partition coefficient (Wildman–Crippen LogP) is 0.418. The molecule has 52 valence electrons. The average molecular weight is 136 g/mol. The fourth-order valence-electron chi connectivity index (χ4n) is 0.884. The normalized spacial score (nSPS) is 22.6. The molecule has 0 saturated carbocycles. The molecule has 1 aliphatic heterocycles. The van der Waals surface area contributed by atoms with Gasteiger partial charge in [-0.3, -0.25) is 0 Å². The minimum absolute atomic E-state index is 0.436. The van der Waals surface area contributed by atoms with E-state index in [2.05, 4.69) is 9.97 Å². The van der Waals surface area contributed by atoms with Crippen molar-refractivity contribution in [3.05, 3.63) is 24.3 Å².